The van der Waals surface area contributed by atoms with Gasteiger partial charge in [-0.05, 0) is 38.5 Å². The first-order valence-corrected chi connectivity index (χ1v) is 7.88. The second-order valence-electron chi connectivity index (χ2n) is 6.24. The van der Waals surface area contributed by atoms with Gasteiger partial charge in [0.25, 0.3) is 0 Å². The van der Waals surface area contributed by atoms with Gasteiger partial charge in [-0.2, -0.15) is 0 Å². The van der Waals surface area contributed by atoms with Gasteiger partial charge in [0.15, 0.2) is 0 Å². The Balaban J connectivity index is 2.83. The number of amides is 3. The van der Waals surface area contributed by atoms with Crippen molar-refractivity contribution in [3.8, 4) is 0 Å². The van der Waals surface area contributed by atoms with Crippen LogP contribution >= 0.6 is 12.8 Å². The second-order valence-corrected chi connectivity index (χ2v) is 6.64. The molecular formula is C16H23N3O5S. The molecule has 0 radical (unpaired) electrons. The summed E-state index contributed by atoms with van der Waals surface area (Å²) in [4.78, 5) is 34.9. The highest BCUT2D eigenvalue weighted by molar-refractivity contribution is 7.82. The first-order valence-electron chi connectivity index (χ1n) is 7.48. The van der Waals surface area contributed by atoms with Gasteiger partial charge in [-0.25, -0.2) is 18.7 Å². The van der Waals surface area contributed by atoms with Crippen LogP contribution in [0.4, 0.5) is 15.3 Å². The molecule has 0 heterocycles. The van der Waals surface area contributed by atoms with Crippen LogP contribution in [0.25, 0.3) is 0 Å². The highest BCUT2D eigenvalue weighted by atomic mass is 32.1. The zero-order valence-electron chi connectivity index (χ0n) is 14.6. The first kappa shape index (κ1) is 20.6. The van der Waals surface area contributed by atoms with Crippen LogP contribution in [0.2, 0.25) is 0 Å². The third-order valence-corrected chi connectivity index (χ3v) is 3.43. The summed E-state index contributed by atoms with van der Waals surface area (Å²) in [6, 6.07) is 5.00. The third-order valence-electron chi connectivity index (χ3n) is 3.01. The predicted octanol–water partition coefficient (Wildman–Crippen LogP) is 2.03. The number of thiol groups is 1. The fraction of sp³-hybridized carbons (Fsp3) is 0.438. The summed E-state index contributed by atoms with van der Waals surface area (Å²) in [6.45, 7) is 5.17. The van der Waals surface area contributed by atoms with Gasteiger partial charge in [-0.1, -0.05) is 24.9 Å². The van der Waals surface area contributed by atoms with Gasteiger partial charge in [0.1, 0.15) is 11.6 Å². The summed E-state index contributed by atoms with van der Waals surface area (Å²) in [6.07, 6.45) is -0.523. The van der Waals surface area contributed by atoms with E-state index in [1.54, 1.807) is 45.0 Å². The van der Waals surface area contributed by atoms with E-state index in [0.29, 0.717) is 5.69 Å². The molecule has 9 heteroatoms. The number of benzene rings is 1. The van der Waals surface area contributed by atoms with Crippen LogP contribution in [0, 0.1) is 0 Å². The van der Waals surface area contributed by atoms with Crippen LogP contribution in [0.1, 0.15) is 26.3 Å². The number of nitrogens with one attached hydrogen (secondary N) is 1. The third kappa shape index (κ3) is 6.92. The summed E-state index contributed by atoms with van der Waals surface area (Å²) >= 11 is 3.96. The number of carbonyl (C=O) groups is 3. The van der Waals surface area contributed by atoms with Crippen molar-refractivity contribution in [3.05, 3.63) is 29.8 Å². The molecule has 0 saturated carbocycles. The topological polar surface area (TPSA) is 111 Å². The van der Waals surface area contributed by atoms with Crippen molar-refractivity contribution in [2.45, 2.75) is 38.8 Å². The Morgan fingerprint density at radius 3 is 2.24 bits per heavy atom. The Morgan fingerprint density at radius 1 is 1.24 bits per heavy atom. The molecule has 1 aromatic rings. The molecule has 1 atom stereocenters. The van der Waals surface area contributed by atoms with Gasteiger partial charge < -0.3 is 20.5 Å². The number of hydrogen-bond donors (Lipinski definition) is 3. The smallest absolute Gasteiger partial charge is 0.408 e. The number of rotatable bonds is 5. The van der Waals surface area contributed by atoms with Crippen LogP contribution in [-0.4, -0.2) is 36.8 Å². The molecule has 1 rings (SSSR count). The maximum absolute atomic E-state index is 11.9. The van der Waals surface area contributed by atoms with Gasteiger partial charge in [-0.15, -0.1) is 0 Å². The number of carbonyl (C=O) groups excluding carboxylic acids is 3. The van der Waals surface area contributed by atoms with Crippen molar-refractivity contribution in [2.24, 2.45) is 5.73 Å². The summed E-state index contributed by atoms with van der Waals surface area (Å²) < 4.78 is 10.9. The number of anilines is 1. The lowest BCUT2D eigenvalue weighted by atomic mass is 10.1. The van der Waals surface area contributed by atoms with Gasteiger partial charge in [-0.3, -0.25) is 0 Å². The summed E-state index contributed by atoms with van der Waals surface area (Å²) in [5, 5.41) is 2.49. The molecule has 0 aliphatic rings. The highest BCUT2D eigenvalue weighted by Gasteiger charge is 2.25. The van der Waals surface area contributed by atoms with E-state index in [-0.39, 0.29) is 6.42 Å². The number of alkyl carbamates (subject to hydrolysis) is 1. The minimum absolute atomic E-state index is 0.190. The lowest BCUT2D eigenvalue weighted by molar-refractivity contribution is -0.143. The van der Waals surface area contributed by atoms with E-state index >= 15 is 0 Å². The Bertz CT molecular complexity index is 628. The number of urea groups is 1. The average molecular weight is 369 g/mol. The number of ether oxygens (including phenoxy) is 2. The van der Waals surface area contributed by atoms with Gasteiger partial charge in [0.05, 0.1) is 12.8 Å². The molecule has 0 aliphatic heterocycles. The van der Waals surface area contributed by atoms with Crippen molar-refractivity contribution in [1.29, 1.82) is 0 Å². The average Bonchev–Trinajstić information content (AvgIpc) is 2.51. The van der Waals surface area contributed by atoms with Crippen molar-refractivity contribution >= 4 is 36.6 Å². The number of hydrogen-bond acceptors (Lipinski definition) is 6. The molecule has 0 fully saturated rings. The summed E-state index contributed by atoms with van der Waals surface area (Å²) in [7, 11) is 1.24. The van der Waals surface area contributed by atoms with E-state index in [4.69, 9.17) is 15.2 Å². The molecule has 0 aliphatic carbocycles. The fourth-order valence-corrected chi connectivity index (χ4v) is 2.05. The van der Waals surface area contributed by atoms with Crippen LogP contribution in [0.15, 0.2) is 24.3 Å². The molecule has 1 aromatic carbocycles. The maximum atomic E-state index is 11.9. The van der Waals surface area contributed by atoms with E-state index in [1.807, 2.05) is 0 Å². The van der Waals surface area contributed by atoms with Crippen LogP contribution in [0.5, 0.6) is 0 Å². The molecule has 3 amide bonds. The second kappa shape index (κ2) is 8.61. The lowest BCUT2D eigenvalue weighted by Gasteiger charge is -2.22. The van der Waals surface area contributed by atoms with E-state index in [1.165, 1.54) is 7.11 Å². The fourth-order valence-electron chi connectivity index (χ4n) is 1.92. The van der Waals surface area contributed by atoms with Crippen molar-refractivity contribution < 1.29 is 23.9 Å². The van der Waals surface area contributed by atoms with Gasteiger partial charge in [0, 0.05) is 6.42 Å². The predicted molar refractivity (Wildman–Crippen MR) is 96.4 cm³/mol. The summed E-state index contributed by atoms with van der Waals surface area (Å²) in [5.41, 5.74) is 5.67. The van der Waals surface area contributed by atoms with Crippen molar-refractivity contribution in [1.82, 2.24) is 5.32 Å². The normalized spacial score (nSPS) is 12.0. The molecule has 0 aromatic heterocycles. The minimum atomic E-state index is -0.908. The monoisotopic (exact) mass is 369 g/mol. The number of methoxy groups -OCH3 is 1. The number of esters is 1. The van der Waals surface area contributed by atoms with Gasteiger partial charge in [0.2, 0.25) is 0 Å². The van der Waals surface area contributed by atoms with E-state index in [2.05, 4.69) is 18.1 Å². The first-order chi connectivity index (χ1) is 11.5. The maximum Gasteiger partial charge on any atom is 0.408 e. The molecular weight excluding hydrogens is 346 g/mol. The Hall–Kier alpha value is -2.42. The zero-order valence-corrected chi connectivity index (χ0v) is 15.5. The molecule has 0 bridgehead atoms. The van der Waals surface area contributed by atoms with Crippen molar-refractivity contribution in [2.75, 3.05) is 11.4 Å². The zero-order chi connectivity index (χ0) is 19.2. The van der Waals surface area contributed by atoms with Crippen molar-refractivity contribution in [3.63, 3.8) is 0 Å². The lowest BCUT2D eigenvalue weighted by Crippen LogP contribution is -2.45. The largest absolute Gasteiger partial charge is 0.467 e. The minimum Gasteiger partial charge on any atom is -0.467 e. The molecule has 8 nitrogen and oxygen atoms in total. The molecule has 1 unspecified atom stereocenters. The number of primary amides is 1. The Kier molecular flexibility index (Phi) is 7.10. The molecule has 0 spiro atoms. The Labute approximate surface area is 152 Å². The van der Waals surface area contributed by atoms with Crippen LogP contribution in [0.3, 0.4) is 0 Å². The van der Waals surface area contributed by atoms with Gasteiger partial charge >= 0.3 is 18.1 Å². The molecule has 3 N–H and O–H groups in total. The number of nitrogens with two attached hydrogens (primary N) is 1. The van der Waals surface area contributed by atoms with Crippen LogP contribution < -0.4 is 15.4 Å². The summed E-state index contributed by atoms with van der Waals surface area (Å²) in [5.74, 6) is -0.595. The Morgan fingerprint density at radius 2 is 1.80 bits per heavy atom. The SMILES string of the molecule is COC(=O)C(Cc1ccc(N(S)C(N)=O)cc1)NC(=O)OC(C)(C)C. The molecule has 0 saturated heterocycles. The molecule has 25 heavy (non-hydrogen) atoms. The highest BCUT2D eigenvalue weighted by Crippen LogP contribution is 2.18. The van der Waals surface area contributed by atoms with E-state index < -0.39 is 29.7 Å². The van der Waals surface area contributed by atoms with Crippen LogP contribution in [-0.2, 0) is 20.7 Å². The van der Waals surface area contributed by atoms with E-state index in [0.717, 1.165) is 9.87 Å². The number of nitrogens with zero attached hydrogens (tertiary/aromatic N) is 1. The quantitative estimate of drug-likeness (QED) is 0.543. The molecule has 138 valence electrons. The van der Waals surface area contributed by atoms with E-state index in [9.17, 15) is 14.4 Å². The standard InChI is InChI=1S/C16H23N3O5S/c1-16(2,3)24-15(22)18-12(13(20)23-4)9-10-5-7-11(8-6-10)19(25)14(17)21/h5-8,12,25H,9H2,1-4H3,(H2,17,21)(H,18,22).